The summed E-state index contributed by atoms with van der Waals surface area (Å²) >= 11 is 1.75. The Kier molecular flexibility index (Phi) is 8.56. The van der Waals surface area contributed by atoms with Crippen LogP contribution in [0.15, 0.2) is 40.8 Å². The lowest BCUT2D eigenvalue weighted by molar-refractivity contribution is 0.772. The summed E-state index contributed by atoms with van der Waals surface area (Å²) in [4.78, 5) is 12.3. The van der Waals surface area contributed by atoms with Crippen LogP contribution in [0.5, 0.6) is 0 Å². The Bertz CT molecular complexity index is 868. The predicted molar refractivity (Wildman–Crippen MR) is 127 cm³/mol. The largest absolute Gasteiger partial charge is 0.361 e. The van der Waals surface area contributed by atoms with Crippen molar-refractivity contribution >= 4 is 52.2 Å². The van der Waals surface area contributed by atoms with Crippen LogP contribution in [-0.4, -0.2) is 36.1 Å². The van der Waals surface area contributed by atoms with Crippen molar-refractivity contribution in [2.24, 2.45) is 4.99 Å². The first-order valence-electron chi connectivity index (χ1n) is 9.11. The SMILES string of the molecule is CN=C(NCCc1csc(C(C)C)n1)NCCc1c[nH]c2ccccc12.I. The topological polar surface area (TPSA) is 65.1 Å². The van der Waals surface area contributed by atoms with Gasteiger partial charge in [-0.25, -0.2) is 4.98 Å². The highest BCUT2D eigenvalue weighted by Gasteiger charge is 2.06. The van der Waals surface area contributed by atoms with Crippen molar-refractivity contribution in [2.75, 3.05) is 20.1 Å². The van der Waals surface area contributed by atoms with Gasteiger partial charge in [0.05, 0.1) is 10.7 Å². The van der Waals surface area contributed by atoms with Gasteiger partial charge in [-0.3, -0.25) is 4.99 Å². The fourth-order valence-electron chi connectivity index (χ4n) is 2.89. The molecule has 0 fully saturated rings. The number of rotatable bonds is 7. The van der Waals surface area contributed by atoms with Gasteiger partial charge < -0.3 is 15.6 Å². The van der Waals surface area contributed by atoms with E-state index in [1.54, 1.807) is 18.4 Å². The minimum Gasteiger partial charge on any atom is -0.361 e. The number of hydrogen-bond donors (Lipinski definition) is 3. The quantitative estimate of drug-likeness (QED) is 0.259. The average Bonchev–Trinajstić information content (AvgIpc) is 3.28. The van der Waals surface area contributed by atoms with E-state index in [2.05, 4.69) is 75.3 Å². The molecule has 146 valence electrons. The van der Waals surface area contributed by atoms with E-state index in [4.69, 9.17) is 0 Å². The van der Waals surface area contributed by atoms with Crippen molar-refractivity contribution in [3.63, 3.8) is 0 Å². The average molecular weight is 497 g/mol. The Labute approximate surface area is 182 Å². The third kappa shape index (κ3) is 5.93. The van der Waals surface area contributed by atoms with Crippen LogP contribution >= 0.6 is 35.3 Å². The molecule has 0 amide bonds. The fourth-order valence-corrected chi connectivity index (χ4v) is 3.76. The van der Waals surface area contributed by atoms with Gasteiger partial charge in [0.1, 0.15) is 0 Å². The maximum absolute atomic E-state index is 4.67. The van der Waals surface area contributed by atoms with Crippen LogP contribution in [0.3, 0.4) is 0 Å². The maximum atomic E-state index is 4.67. The van der Waals surface area contributed by atoms with E-state index in [9.17, 15) is 0 Å². The number of aromatic amines is 1. The molecule has 0 unspecified atom stereocenters. The van der Waals surface area contributed by atoms with Gasteiger partial charge in [-0.05, 0) is 18.1 Å². The summed E-state index contributed by atoms with van der Waals surface area (Å²) in [7, 11) is 1.81. The highest BCUT2D eigenvalue weighted by atomic mass is 127. The number of guanidine groups is 1. The van der Waals surface area contributed by atoms with E-state index in [1.807, 2.05) is 0 Å². The summed E-state index contributed by atoms with van der Waals surface area (Å²) in [6, 6.07) is 8.40. The first-order chi connectivity index (χ1) is 12.7. The molecule has 3 N–H and O–H groups in total. The zero-order valence-electron chi connectivity index (χ0n) is 16.1. The molecule has 7 heteroatoms. The number of nitrogens with zero attached hydrogens (tertiary/aromatic N) is 2. The molecule has 3 rings (SSSR count). The molecular weight excluding hydrogens is 469 g/mol. The number of H-pyrrole nitrogens is 1. The summed E-state index contributed by atoms with van der Waals surface area (Å²) in [6.45, 7) is 6.03. The number of hydrogen-bond acceptors (Lipinski definition) is 3. The summed E-state index contributed by atoms with van der Waals surface area (Å²) in [5.74, 6) is 1.34. The Balaban J connectivity index is 0.00000261. The van der Waals surface area contributed by atoms with Crippen LogP contribution in [0.25, 0.3) is 10.9 Å². The number of fused-ring (bicyclic) bond motifs is 1. The molecule has 1 aromatic carbocycles. The molecular formula is C20H28IN5S. The zero-order chi connectivity index (χ0) is 18.4. The molecule has 0 saturated heterocycles. The van der Waals surface area contributed by atoms with Crippen LogP contribution in [0.1, 0.15) is 36.0 Å². The number of aromatic nitrogens is 2. The van der Waals surface area contributed by atoms with Gasteiger partial charge in [0.15, 0.2) is 5.96 Å². The number of thiazole rings is 1. The number of para-hydroxylation sites is 1. The summed E-state index contributed by atoms with van der Waals surface area (Å²) in [5.41, 5.74) is 3.67. The lowest BCUT2D eigenvalue weighted by atomic mass is 10.1. The lowest BCUT2D eigenvalue weighted by Crippen LogP contribution is -2.39. The number of halogens is 1. The number of aliphatic imine (C=N–C) groups is 1. The molecule has 0 atom stereocenters. The van der Waals surface area contributed by atoms with Gasteiger partial charge in [-0.2, -0.15) is 0 Å². The van der Waals surface area contributed by atoms with E-state index in [0.29, 0.717) is 5.92 Å². The molecule has 0 saturated carbocycles. The van der Waals surface area contributed by atoms with E-state index >= 15 is 0 Å². The molecule has 5 nitrogen and oxygen atoms in total. The van der Waals surface area contributed by atoms with Crippen LogP contribution in [-0.2, 0) is 12.8 Å². The first kappa shape index (κ1) is 21.7. The van der Waals surface area contributed by atoms with Crippen LogP contribution < -0.4 is 10.6 Å². The molecule has 0 aliphatic heterocycles. The Morgan fingerprint density at radius 3 is 2.63 bits per heavy atom. The van der Waals surface area contributed by atoms with Crippen molar-refractivity contribution in [3.8, 4) is 0 Å². The molecule has 0 aliphatic carbocycles. The Morgan fingerprint density at radius 1 is 1.19 bits per heavy atom. The Hall–Kier alpha value is -1.61. The standard InChI is InChI=1S/C20H27N5S.HI/c1-14(2)19-25-16(13-26-19)9-11-23-20(21-3)22-10-8-15-12-24-18-7-5-4-6-17(15)18;/h4-7,12-14,24H,8-11H2,1-3H3,(H2,21,22,23);1H. The van der Waals surface area contributed by atoms with Gasteiger partial charge in [0.2, 0.25) is 0 Å². The molecule has 3 aromatic rings. The van der Waals surface area contributed by atoms with E-state index < -0.39 is 0 Å². The van der Waals surface area contributed by atoms with Crippen molar-refractivity contribution < 1.29 is 0 Å². The summed E-state index contributed by atoms with van der Waals surface area (Å²) < 4.78 is 0. The van der Waals surface area contributed by atoms with E-state index in [0.717, 1.165) is 37.6 Å². The highest BCUT2D eigenvalue weighted by Crippen LogP contribution is 2.19. The molecule has 2 aromatic heterocycles. The maximum Gasteiger partial charge on any atom is 0.190 e. The van der Waals surface area contributed by atoms with Crippen molar-refractivity contribution in [1.29, 1.82) is 0 Å². The molecule has 0 bridgehead atoms. The minimum absolute atomic E-state index is 0. The predicted octanol–water partition coefficient (Wildman–Crippen LogP) is 4.32. The zero-order valence-corrected chi connectivity index (χ0v) is 19.2. The summed E-state index contributed by atoms with van der Waals surface area (Å²) in [6.07, 6.45) is 3.96. The van der Waals surface area contributed by atoms with Gasteiger partial charge in [-0.15, -0.1) is 35.3 Å². The molecule has 0 aliphatic rings. The normalized spacial score (nSPS) is 11.6. The van der Waals surface area contributed by atoms with Crippen LogP contribution in [0.4, 0.5) is 0 Å². The van der Waals surface area contributed by atoms with Crippen molar-refractivity contribution in [3.05, 3.63) is 52.1 Å². The lowest BCUT2D eigenvalue weighted by Gasteiger charge is -2.11. The molecule has 0 radical (unpaired) electrons. The number of benzene rings is 1. The third-order valence-electron chi connectivity index (χ3n) is 4.32. The monoisotopic (exact) mass is 497 g/mol. The van der Waals surface area contributed by atoms with Crippen LogP contribution in [0.2, 0.25) is 0 Å². The van der Waals surface area contributed by atoms with Gasteiger partial charge in [0, 0.05) is 55.0 Å². The smallest absolute Gasteiger partial charge is 0.190 e. The van der Waals surface area contributed by atoms with E-state index in [-0.39, 0.29) is 24.0 Å². The van der Waals surface area contributed by atoms with Crippen molar-refractivity contribution in [1.82, 2.24) is 20.6 Å². The molecule has 27 heavy (non-hydrogen) atoms. The second-order valence-corrected chi connectivity index (χ2v) is 7.51. The second-order valence-electron chi connectivity index (χ2n) is 6.62. The van der Waals surface area contributed by atoms with Crippen LogP contribution in [0, 0.1) is 0 Å². The highest BCUT2D eigenvalue weighted by molar-refractivity contribution is 14.0. The number of nitrogens with one attached hydrogen (secondary N) is 3. The molecule has 0 spiro atoms. The second kappa shape index (κ2) is 10.7. The summed E-state index contributed by atoms with van der Waals surface area (Å²) in [5, 5.41) is 11.4. The van der Waals surface area contributed by atoms with Crippen molar-refractivity contribution in [2.45, 2.75) is 32.6 Å². The minimum atomic E-state index is 0. The van der Waals surface area contributed by atoms with Gasteiger partial charge >= 0.3 is 0 Å². The third-order valence-corrected chi connectivity index (χ3v) is 5.52. The first-order valence-corrected chi connectivity index (χ1v) is 9.99. The van der Waals surface area contributed by atoms with E-state index in [1.165, 1.54) is 21.5 Å². The van der Waals surface area contributed by atoms with Gasteiger partial charge in [0.25, 0.3) is 0 Å². The molecule has 2 heterocycles. The van der Waals surface area contributed by atoms with Gasteiger partial charge in [-0.1, -0.05) is 32.0 Å². The fraction of sp³-hybridized carbons (Fsp3) is 0.400. The Morgan fingerprint density at radius 2 is 1.93 bits per heavy atom.